The molecule has 0 radical (unpaired) electrons. The van der Waals surface area contributed by atoms with Crippen LogP contribution >= 0.6 is 11.6 Å². The average molecular weight is 297 g/mol. The fourth-order valence-corrected chi connectivity index (χ4v) is 2.64. The van der Waals surface area contributed by atoms with E-state index in [1.54, 1.807) is 12.1 Å². The lowest BCUT2D eigenvalue weighted by atomic mass is 10.1. The number of likely N-dealkylation sites (tertiary alicyclic amines) is 1. The summed E-state index contributed by atoms with van der Waals surface area (Å²) in [5, 5.41) is 13.2. The quantitative estimate of drug-likeness (QED) is 0.901. The van der Waals surface area contributed by atoms with Crippen LogP contribution in [0.15, 0.2) is 18.2 Å². The molecular formula is C15H21ClN2O2. The van der Waals surface area contributed by atoms with Crippen LogP contribution in [-0.4, -0.2) is 41.1 Å². The fraction of sp³-hybridized carbons (Fsp3) is 0.533. The third-order valence-electron chi connectivity index (χ3n) is 3.81. The number of amides is 1. The SMILES string of the molecule is Cc1ccc(Cl)cc1NC(=O)C(C)N1CCCC(O)C1. The number of piperidine rings is 1. The smallest absolute Gasteiger partial charge is 0.241 e. The molecule has 110 valence electrons. The second kappa shape index (κ2) is 6.57. The van der Waals surface area contributed by atoms with Gasteiger partial charge in [0.15, 0.2) is 0 Å². The Morgan fingerprint density at radius 3 is 3.00 bits per heavy atom. The van der Waals surface area contributed by atoms with Crippen LogP contribution in [0.3, 0.4) is 0 Å². The second-order valence-corrected chi connectivity index (χ2v) is 5.85. The number of nitrogens with one attached hydrogen (secondary N) is 1. The van der Waals surface area contributed by atoms with Crippen molar-refractivity contribution in [3.8, 4) is 0 Å². The molecule has 1 aromatic rings. The number of rotatable bonds is 3. The van der Waals surface area contributed by atoms with E-state index in [9.17, 15) is 9.90 Å². The normalized spacial score (nSPS) is 21.5. The van der Waals surface area contributed by atoms with Gasteiger partial charge in [-0.1, -0.05) is 17.7 Å². The Balaban J connectivity index is 2.02. The van der Waals surface area contributed by atoms with Crippen molar-refractivity contribution in [2.45, 2.75) is 38.8 Å². The number of halogens is 1. The van der Waals surface area contributed by atoms with E-state index in [1.165, 1.54) is 0 Å². The third kappa shape index (κ3) is 3.72. The van der Waals surface area contributed by atoms with Gasteiger partial charge in [-0.15, -0.1) is 0 Å². The van der Waals surface area contributed by atoms with Crippen LogP contribution in [0, 0.1) is 6.92 Å². The summed E-state index contributed by atoms with van der Waals surface area (Å²) in [6.07, 6.45) is 1.42. The van der Waals surface area contributed by atoms with Gasteiger partial charge < -0.3 is 10.4 Å². The zero-order valence-corrected chi connectivity index (χ0v) is 12.7. The highest BCUT2D eigenvalue weighted by Gasteiger charge is 2.26. The first-order valence-electron chi connectivity index (χ1n) is 6.96. The predicted octanol–water partition coefficient (Wildman–Crippen LogP) is 2.43. The average Bonchev–Trinajstić information content (AvgIpc) is 2.42. The van der Waals surface area contributed by atoms with Crippen LogP contribution < -0.4 is 5.32 Å². The number of hydrogen-bond acceptors (Lipinski definition) is 3. The molecule has 20 heavy (non-hydrogen) atoms. The molecule has 1 amide bonds. The molecule has 4 nitrogen and oxygen atoms in total. The van der Waals surface area contributed by atoms with E-state index < -0.39 is 0 Å². The molecule has 1 saturated heterocycles. The van der Waals surface area contributed by atoms with E-state index in [-0.39, 0.29) is 18.1 Å². The lowest BCUT2D eigenvalue weighted by Crippen LogP contribution is -2.48. The zero-order chi connectivity index (χ0) is 14.7. The number of aliphatic hydroxyl groups is 1. The van der Waals surface area contributed by atoms with Gasteiger partial charge >= 0.3 is 0 Å². The molecule has 2 N–H and O–H groups in total. The molecule has 0 spiro atoms. The van der Waals surface area contributed by atoms with Crippen LogP contribution in [0.2, 0.25) is 5.02 Å². The highest BCUT2D eigenvalue weighted by atomic mass is 35.5. The minimum absolute atomic E-state index is 0.0653. The van der Waals surface area contributed by atoms with Gasteiger partial charge in [0.05, 0.1) is 12.1 Å². The summed E-state index contributed by atoms with van der Waals surface area (Å²) in [5.74, 6) is -0.0653. The van der Waals surface area contributed by atoms with E-state index in [4.69, 9.17) is 11.6 Å². The van der Waals surface area contributed by atoms with E-state index in [2.05, 4.69) is 5.32 Å². The second-order valence-electron chi connectivity index (χ2n) is 5.42. The number of benzene rings is 1. The van der Waals surface area contributed by atoms with Crippen LogP contribution in [-0.2, 0) is 4.79 Å². The molecule has 0 aliphatic carbocycles. The topological polar surface area (TPSA) is 52.6 Å². The van der Waals surface area contributed by atoms with Gasteiger partial charge in [0.25, 0.3) is 0 Å². The lowest BCUT2D eigenvalue weighted by Gasteiger charge is -2.34. The molecule has 1 aliphatic rings. The number of carbonyl (C=O) groups is 1. The van der Waals surface area contributed by atoms with Crippen molar-refractivity contribution in [3.05, 3.63) is 28.8 Å². The minimum atomic E-state index is -0.327. The van der Waals surface area contributed by atoms with Crippen molar-refractivity contribution in [3.63, 3.8) is 0 Å². The maximum Gasteiger partial charge on any atom is 0.241 e. The number of aryl methyl sites for hydroxylation is 1. The summed E-state index contributed by atoms with van der Waals surface area (Å²) < 4.78 is 0. The van der Waals surface area contributed by atoms with Gasteiger partial charge in [0.2, 0.25) is 5.91 Å². The van der Waals surface area contributed by atoms with Crippen LogP contribution in [0.4, 0.5) is 5.69 Å². The van der Waals surface area contributed by atoms with Gasteiger partial charge in [-0.3, -0.25) is 9.69 Å². The highest BCUT2D eigenvalue weighted by Crippen LogP contribution is 2.21. The van der Waals surface area contributed by atoms with E-state index in [0.717, 1.165) is 30.6 Å². The number of nitrogens with zero attached hydrogens (tertiary/aromatic N) is 1. The molecule has 0 saturated carbocycles. The van der Waals surface area contributed by atoms with Crippen molar-refractivity contribution >= 4 is 23.2 Å². The Hall–Kier alpha value is -1.10. The van der Waals surface area contributed by atoms with Gasteiger partial charge in [-0.25, -0.2) is 0 Å². The van der Waals surface area contributed by atoms with Crippen molar-refractivity contribution in [2.24, 2.45) is 0 Å². The summed E-state index contributed by atoms with van der Waals surface area (Å²) in [5.41, 5.74) is 1.72. The third-order valence-corrected chi connectivity index (χ3v) is 4.05. The summed E-state index contributed by atoms with van der Waals surface area (Å²) in [6, 6.07) is 5.18. The number of hydrogen-bond donors (Lipinski definition) is 2. The molecule has 2 atom stereocenters. The predicted molar refractivity (Wildman–Crippen MR) is 81.1 cm³/mol. The summed E-state index contributed by atoms with van der Waals surface area (Å²) in [6.45, 7) is 5.21. The van der Waals surface area contributed by atoms with E-state index in [1.807, 2.05) is 24.8 Å². The van der Waals surface area contributed by atoms with Crippen LogP contribution in [0.25, 0.3) is 0 Å². The number of aliphatic hydroxyl groups excluding tert-OH is 1. The molecule has 1 aromatic carbocycles. The maximum atomic E-state index is 12.3. The van der Waals surface area contributed by atoms with Gasteiger partial charge in [-0.05, 0) is 50.9 Å². The maximum absolute atomic E-state index is 12.3. The Morgan fingerprint density at radius 1 is 1.55 bits per heavy atom. The molecule has 1 heterocycles. The van der Waals surface area contributed by atoms with Crippen molar-refractivity contribution in [2.75, 3.05) is 18.4 Å². The first kappa shape index (κ1) is 15.3. The van der Waals surface area contributed by atoms with Gasteiger partial charge in [-0.2, -0.15) is 0 Å². The van der Waals surface area contributed by atoms with Crippen LogP contribution in [0.1, 0.15) is 25.3 Å². The molecule has 0 aromatic heterocycles. The van der Waals surface area contributed by atoms with Crippen molar-refractivity contribution < 1.29 is 9.90 Å². The summed E-state index contributed by atoms with van der Waals surface area (Å²) >= 11 is 5.95. The number of anilines is 1. The molecule has 1 fully saturated rings. The molecule has 0 bridgehead atoms. The summed E-state index contributed by atoms with van der Waals surface area (Å²) in [4.78, 5) is 14.3. The molecule has 2 unspecified atom stereocenters. The number of carbonyl (C=O) groups excluding carboxylic acids is 1. The standard InChI is InChI=1S/C15H21ClN2O2/c1-10-5-6-12(16)8-14(10)17-15(20)11(2)18-7-3-4-13(19)9-18/h5-6,8,11,13,19H,3-4,7,9H2,1-2H3,(H,17,20). The minimum Gasteiger partial charge on any atom is -0.392 e. The first-order chi connectivity index (χ1) is 9.47. The van der Waals surface area contributed by atoms with Crippen molar-refractivity contribution in [1.29, 1.82) is 0 Å². The molecule has 5 heteroatoms. The Morgan fingerprint density at radius 2 is 2.30 bits per heavy atom. The Kier molecular flexibility index (Phi) is 5.02. The Labute approximate surface area is 124 Å². The Bertz CT molecular complexity index is 493. The fourth-order valence-electron chi connectivity index (χ4n) is 2.47. The van der Waals surface area contributed by atoms with Gasteiger partial charge in [0.1, 0.15) is 0 Å². The van der Waals surface area contributed by atoms with Crippen LogP contribution in [0.5, 0.6) is 0 Å². The largest absolute Gasteiger partial charge is 0.392 e. The monoisotopic (exact) mass is 296 g/mol. The van der Waals surface area contributed by atoms with E-state index in [0.29, 0.717) is 11.6 Å². The van der Waals surface area contributed by atoms with Gasteiger partial charge in [0, 0.05) is 17.3 Å². The summed E-state index contributed by atoms with van der Waals surface area (Å²) in [7, 11) is 0. The van der Waals surface area contributed by atoms with E-state index >= 15 is 0 Å². The number of β-amino-alcohol motifs (C(OH)–C–C–N with tert-alkyl or cyclic N) is 1. The highest BCUT2D eigenvalue weighted by molar-refractivity contribution is 6.31. The zero-order valence-electron chi connectivity index (χ0n) is 11.9. The molecular weight excluding hydrogens is 276 g/mol. The molecule has 1 aliphatic heterocycles. The first-order valence-corrected chi connectivity index (χ1v) is 7.34. The lowest BCUT2D eigenvalue weighted by molar-refractivity contribution is -0.121. The van der Waals surface area contributed by atoms with Crippen molar-refractivity contribution in [1.82, 2.24) is 4.90 Å². The molecule has 2 rings (SSSR count).